The van der Waals surface area contributed by atoms with Gasteiger partial charge in [0.15, 0.2) is 5.78 Å². The molecule has 0 saturated carbocycles. The Hall–Kier alpha value is -3.41. The van der Waals surface area contributed by atoms with Crippen molar-refractivity contribution in [1.29, 1.82) is 0 Å². The van der Waals surface area contributed by atoms with E-state index in [0.29, 0.717) is 18.0 Å². The summed E-state index contributed by atoms with van der Waals surface area (Å²) in [4.78, 5) is 25.8. The lowest BCUT2D eigenvalue weighted by Gasteiger charge is -2.23. The number of aryl methyl sites for hydroxylation is 3. The maximum absolute atomic E-state index is 13.3. The Kier molecular flexibility index (Phi) is 5.16. The first kappa shape index (κ1) is 19.9. The summed E-state index contributed by atoms with van der Waals surface area (Å²) in [6.07, 6.45) is 0.110. The van der Waals surface area contributed by atoms with Crippen LogP contribution in [0.4, 0.5) is 5.82 Å². The molecule has 2 aromatic carbocycles. The molecule has 0 bridgehead atoms. The number of ketones is 1. The average Bonchev–Trinajstić information content (AvgIpc) is 3.04. The SMILES string of the molecule is CCOc1ccc(C(=O)[C@H]2CC(=O)Nc3c2c(C)nn3-c2ccc(C)cc2C)cc1. The summed E-state index contributed by atoms with van der Waals surface area (Å²) >= 11 is 0. The van der Waals surface area contributed by atoms with Crippen LogP contribution in [0.25, 0.3) is 5.69 Å². The number of ether oxygens (including phenoxy) is 1. The van der Waals surface area contributed by atoms with E-state index in [0.717, 1.165) is 33.8 Å². The number of carbonyl (C=O) groups excluding carboxylic acids is 2. The molecule has 0 fully saturated rings. The van der Waals surface area contributed by atoms with Gasteiger partial charge >= 0.3 is 0 Å². The molecule has 1 N–H and O–H groups in total. The van der Waals surface area contributed by atoms with Crippen molar-refractivity contribution in [3.63, 3.8) is 0 Å². The lowest BCUT2D eigenvalue weighted by molar-refractivity contribution is -0.116. The molecule has 1 amide bonds. The first-order valence-corrected chi connectivity index (χ1v) is 10.1. The van der Waals surface area contributed by atoms with Crippen molar-refractivity contribution in [3.05, 3.63) is 70.4 Å². The number of amides is 1. The van der Waals surface area contributed by atoms with Gasteiger partial charge in [-0.25, -0.2) is 4.68 Å². The first-order valence-electron chi connectivity index (χ1n) is 10.1. The van der Waals surface area contributed by atoms with Crippen LogP contribution in [0.5, 0.6) is 5.75 Å². The number of hydrogen-bond donors (Lipinski definition) is 1. The van der Waals surface area contributed by atoms with Gasteiger partial charge in [-0.15, -0.1) is 0 Å². The van der Waals surface area contributed by atoms with E-state index in [4.69, 9.17) is 4.74 Å². The zero-order valence-corrected chi connectivity index (χ0v) is 17.7. The summed E-state index contributed by atoms with van der Waals surface area (Å²) in [6, 6.07) is 13.2. The van der Waals surface area contributed by atoms with Gasteiger partial charge in [-0.2, -0.15) is 5.10 Å². The Labute approximate surface area is 175 Å². The van der Waals surface area contributed by atoms with Gasteiger partial charge in [0.25, 0.3) is 0 Å². The zero-order chi connectivity index (χ0) is 21.4. The molecule has 3 aromatic rings. The van der Waals surface area contributed by atoms with Gasteiger partial charge in [-0.3, -0.25) is 9.59 Å². The van der Waals surface area contributed by atoms with Crippen LogP contribution >= 0.6 is 0 Å². The fraction of sp³-hybridized carbons (Fsp3) is 0.292. The van der Waals surface area contributed by atoms with Crippen LogP contribution in [0, 0.1) is 20.8 Å². The van der Waals surface area contributed by atoms with E-state index >= 15 is 0 Å². The molecular weight excluding hydrogens is 378 g/mol. The van der Waals surface area contributed by atoms with Crippen LogP contribution in [0.1, 0.15) is 52.0 Å². The number of anilines is 1. The molecule has 1 aliphatic heterocycles. The van der Waals surface area contributed by atoms with Crippen LogP contribution in [-0.2, 0) is 4.79 Å². The molecule has 154 valence electrons. The van der Waals surface area contributed by atoms with E-state index < -0.39 is 5.92 Å². The molecule has 1 aliphatic rings. The predicted octanol–water partition coefficient (Wildman–Crippen LogP) is 4.50. The second-order valence-electron chi connectivity index (χ2n) is 7.68. The number of hydrogen-bond acceptors (Lipinski definition) is 4. The Morgan fingerprint density at radius 1 is 1.17 bits per heavy atom. The van der Waals surface area contributed by atoms with Crippen molar-refractivity contribution < 1.29 is 14.3 Å². The molecule has 0 saturated heterocycles. The van der Waals surface area contributed by atoms with Crippen molar-refractivity contribution in [2.24, 2.45) is 0 Å². The predicted molar refractivity (Wildman–Crippen MR) is 116 cm³/mol. The van der Waals surface area contributed by atoms with E-state index in [9.17, 15) is 9.59 Å². The number of nitrogens with zero attached hydrogens (tertiary/aromatic N) is 2. The Morgan fingerprint density at radius 2 is 1.90 bits per heavy atom. The Morgan fingerprint density at radius 3 is 2.57 bits per heavy atom. The second kappa shape index (κ2) is 7.78. The van der Waals surface area contributed by atoms with E-state index in [1.165, 1.54) is 0 Å². The molecule has 1 aromatic heterocycles. The van der Waals surface area contributed by atoms with Crippen molar-refractivity contribution in [2.45, 2.75) is 40.0 Å². The minimum Gasteiger partial charge on any atom is -0.494 e. The molecule has 2 heterocycles. The van der Waals surface area contributed by atoms with Crippen molar-refractivity contribution in [1.82, 2.24) is 9.78 Å². The summed E-state index contributed by atoms with van der Waals surface area (Å²) in [6.45, 7) is 8.41. The van der Waals surface area contributed by atoms with Crippen LogP contribution in [0.15, 0.2) is 42.5 Å². The quantitative estimate of drug-likeness (QED) is 0.637. The van der Waals surface area contributed by atoms with E-state index in [2.05, 4.69) is 16.5 Å². The summed E-state index contributed by atoms with van der Waals surface area (Å²) in [5.41, 5.74) is 5.18. The largest absolute Gasteiger partial charge is 0.494 e. The summed E-state index contributed by atoms with van der Waals surface area (Å²) in [5, 5.41) is 7.62. The maximum Gasteiger partial charge on any atom is 0.226 e. The molecule has 0 radical (unpaired) electrons. The Bertz CT molecular complexity index is 1130. The van der Waals surface area contributed by atoms with Crippen molar-refractivity contribution in [2.75, 3.05) is 11.9 Å². The number of fused-ring (bicyclic) bond motifs is 1. The van der Waals surface area contributed by atoms with Crippen LogP contribution in [-0.4, -0.2) is 28.1 Å². The highest BCUT2D eigenvalue weighted by atomic mass is 16.5. The fourth-order valence-corrected chi connectivity index (χ4v) is 4.07. The number of carbonyl (C=O) groups is 2. The van der Waals surface area contributed by atoms with Gasteiger partial charge in [0, 0.05) is 17.5 Å². The van der Waals surface area contributed by atoms with Gasteiger partial charge in [-0.1, -0.05) is 17.7 Å². The molecule has 6 nitrogen and oxygen atoms in total. The van der Waals surface area contributed by atoms with Gasteiger partial charge in [-0.05, 0) is 63.6 Å². The lowest BCUT2D eigenvalue weighted by atomic mass is 9.85. The highest BCUT2D eigenvalue weighted by molar-refractivity contribution is 6.08. The maximum atomic E-state index is 13.3. The smallest absolute Gasteiger partial charge is 0.226 e. The van der Waals surface area contributed by atoms with E-state index in [-0.39, 0.29) is 18.1 Å². The van der Waals surface area contributed by atoms with Gasteiger partial charge in [0.2, 0.25) is 5.91 Å². The molecule has 6 heteroatoms. The number of Topliss-reactive ketones (excluding diaryl/α,β-unsaturated/α-hetero) is 1. The molecule has 0 aliphatic carbocycles. The van der Waals surface area contributed by atoms with E-state index in [1.54, 1.807) is 28.9 Å². The standard InChI is InChI=1S/C24H25N3O3/c1-5-30-18-9-7-17(8-10-18)23(29)19-13-21(28)25-24-22(19)16(4)26-27(24)20-11-6-14(2)12-15(20)3/h6-12,19H,5,13H2,1-4H3,(H,25,28)/t19-/m0/s1. The minimum atomic E-state index is -0.564. The number of benzene rings is 2. The van der Waals surface area contributed by atoms with Gasteiger partial charge in [0.05, 0.1) is 23.9 Å². The topological polar surface area (TPSA) is 73.2 Å². The third-order valence-corrected chi connectivity index (χ3v) is 5.45. The highest BCUT2D eigenvalue weighted by Gasteiger charge is 2.36. The summed E-state index contributed by atoms with van der Waals surface area (Å²) in [5.74, 6) is 0.469. The lowest BCUT2D eigenvalue weighted by Crippen LogP contribution is -2.28. The highest BCUT2D eigenvalue weighted by Crippen LogP contribution is 2.38. The van der Waals surface area contributed by atoms with Gasteiger partial charge in [0.1, 0.15) is 11.6 Å². The summed E-state index contributed by atoms with van der Waals surface area (Å²) < 4.78 is 7.21. The number of rotatable bonds is 5. The Balaban J connectivity index is 1.76. The minimum absolute atomic E-state index is 0.0857. The summed E-state index contributed by atoms with van der Waals surface area (Å²) in [7, 11) is 0. The average molecular weight is 403 g/mol. The van der Waals surface area contributed by atoms with Crippen molar-refractivity contribution >= 4 is 17.5 Å². The first-order chi connectivity index (χ1) is 14.4. The molecule has 0 spiro atoms. The van der Waals surface area contributed by atoms with E-state index in [1.807, 2.05) is 39.8 Å². The van der Waals surface area contributed by atoms with Crippen LogP contribution < -0.4 is 10.1 Å². The second-order valence-corrected chi connectivity index (χ2v) is 7.68. The number of aromatic nitrogens is 2. The monoisotopic (exact) mass is 403 g/mol. The molecular formula is C24H25N3O3. The van der Waals surface area contributed by atoms with Crippen LogP contribution in [0.2, 0.25) is 0 Å². The van der Waals surface area contributed by atoms with Crippen LogP contribution in [0.3, 0.4) is 0 Å². The zero-order valence-electron chi connectivity index (χ0n) is 17.7. The molecule has 1 atom stereocenters. The molecule has 30 heavy (non-hydrogen) atoms. The molecule has 4 rings (SSSR count). The van der Waals surface area contributed by atoms with Crippen molar-refractivity contribution in [3.8, 4) is 11.4 Å². The normalized spacial score (nSPS) is 15.5. The third kappa shape index (κ3) is 3.49. The third-order valence-electron chi connectivity index (χ3n) is 5.45. The fourth-order valence-electron chi connectivity index (χ4n) is 4.07. The number of nitrogens with one attached hydrogen (secondary N) is 1. The van der Waals surface area contributed by atoms with Gasteiger partial charge < -0.3 is 10.1 Å². The molecule has 0 unspecified atom stereocenters.